The van der Waals surface area contributed by atoms with Gasteiger partial charge < -0.3 is 14.4 Å². The van der Waals surface area contributed by atoms with Crippen molar-refractivity contribution in [1.29, 1.82) is 0 Å². The first-order valence-corrected chi connectivity index (χ1v) is 7.25. The second-order valence-corrected chi connectivity index (χ2v) is 5.49. The highest BCUT2D eigenvalue weighted by Crippen LogP contribution is 2.22. The minimum atomic E-state index is -0.654. The number of aliphatic hydroxyl groups excluding tert-OH is 1. The number of β-amino-alcohol motifs (C(OH)–C–C–N with tert-alkyl or cyclic N) is 1. The van der Waals surface area contributed by atoms with Crippen molar-refractivity contribution < 1.29 is 14.2 Å². The second kappa shape index (κ2) is 6.51. The molecule has 1 N–H and O–H groups in total. The van der Waals surface area contributed by atoms with E-state index in [2.05, 4.69) is 15.1 Å². The quantitative estimate of drug-likeness (QED) is 0.915. The van der Waals surface area contributed by atoms with E-state index in [1.54, 1.807) is 18.5 Å². The van der Waals surface area contributed by atoms with Crippen LogP contribution in [0.2, 0.25) is 0 Å². The Morgan fingerprint density at radius 1 is 1.41 bits per heavy atom. The van der Waals surface area contributed by atoms with Crippen LogP contribution in [0.1, 0.15) is 23.6 Å². The van der Waals surface area contributed by atoms with Crippen molar-refractivity contribution >= 4 is 0 Å². The van der Waals surface area contributed by atoms with Crippen LogP contribution in [-0.2, 0) is 11.8 Å². The van der Waals surface area contributed by atoms with Crippen LogP contribution in [0, 0.1) is 5.82 Å². The molecule has 2 aromatic rings. The van der Waals surface area contributed by atoms with E-state index in [4.69, 9.17) is 4.74 Å². The molecule has 1 fully saturated rings. The first kappa shape index (κ1) is 15.1. The van der Waals surface area contributed by atoms with Crippen molar-refractivity contribution in [3.63, 3.8) is 0 Å². The molecule has 0 amide bonds. The molecule has 22 heavy (non-hydrogen) atoms. The van der Waals surface area contributed by atoms with E-state index in [1.165, 1.54) is 12.1 Å². The van der Waals surface area contributed by atoms with Gasteiger partial charge in [-0.2, -0.15) is 0 Å². The van der Waals surface area contributed by atoms with Gasteiger partial charge in [-0.15, -0.1) is 10.2 Å². The highest BCUT2D eigenvalue weighted by Gasteiger charge is 2.26. The number of ether oxygens (including phenoxy) is 1. The molecular formula is C15H19FN4O2. The molecule has 1 aliphatic heterocycles. The molecule has 0 saturated carbocycles. The molecule has 6 nitrogen and oxygen atoms in total. The maximum absolute atomic E-state index is 12.9. The van der Waals surface area contributed by atoms with Crippen LogP contribution < -0.4 is 0 Å². The Morgan fingerprint density at radius 3 is 2.86 bits per heavy atom. The van der Waals surface area contributed by atoms with E-state index in [0.717, 1.165) is 12.4 Å². The average molecular weight is 306 g/mol. The molecule has 0 spiro atoms. The predicted molar refractivity (Wildman–Crippen MR) is 77.5 cm³/mol. The van der Waals surface area contributed by atoms with E-state index in [0.29, 0.717) is 25.3 Å². The third-order valence-corrected chi connectivity index (χ3v) is 3.87. The summed E-state index contributed by atoms with van der Waals surface area (Å²) in [5.74, 6) is 0.477. The maximum Gasteiger partial charge on any atom is 0.163 e. The molecule has 2 atom stereocenters. The number of morpholine rings is 1. The van der Waals surface area contributed by atoms with Crippen LogP contribution in [0.3, 0.4) is 0 Å². The normalized spacial score (nSPS) is 21.0. The van der Waals surface area contributed by atoms with Crippen molar-refractivity contribution in [2.24, 2.45) is 7.05 Å². The summed E-state index contributed by atoms with van der Waals surface area (Å²) in [6.07, 6.45) is 0.839. The molecule has 2 heterocycles. The third-order valence-electron chi connectivity index (χ3n) is 3.87. The summed E-state index contributed by atoms with van der Waals surface area (Å²) in [6.45, 7) is 2.44. The topological polar surface area (TPSA) is 63.4 Å². The Kier molecular flexibility index (Phi) is 4.47. The van der Waals surface area contributed by atoms with Gasteiger partial charge in [-0.25, -0.2) is 4.39 Å². The number of aromatic nitrogens is 3. The predicted octanol–water partition coefficient (Wildman–Crippen LogP) is 1.06. The van der Waals surface area contributed by atoms with Gasteiger partial charge in [0.1, 0.15) is 18.2 Å². The number of nitrogens with zero attached hydrogens (tertiary/aromatic N) is 4. The maximum atomic E-state index is 12.9. The molecule has 1 aromatic carbocycles. The number of halogens is 1. The van der Waals surface area contributed by atoms with Gasteiger partial charge in [0.15, 0.2) is 5.82 Å². The van der Waals surface area contributed by atoms with Gasteiger partial charge in [0.25, 0.3) is 0 Å². The number of aliphatic hydroxyl groups is 1. The molecule has 0 radical (unpaired) electrons. The zero-order valence-corrected chi connectivity index (χ0v) is 12.4. The summed E-state index contributed by atoms with van der Waals surface area (Å²) < 4.78 is 20.5. The Hall–Kier alpha value is -1.83. The lowest BCUT2D eigenvalue weighted by Crippen LogP contribution is -2.41. The smallest absolute Gasteiger partial charge is 0.163 e. The van der Waals surface area contributed by atoms with Crippen LogP contribution in [0.5, 0.6) is 0 Å². The summed E-state index contributed by atoms with van der Waals surface area (Å²) in [7, 11) is 1.88. The van der Waals surface area contributed by atoms with Crippen molar-refractivity contribution in [3.8, 4) is 0 Å². The lowest BCUT2D eigenvalue weighted by molar-refractivity contribution is -0.0474. The van der Waals surface area contributed by atoms with Gasteiger partial charge in [-0.1, -0.05) is 12.1 Å². The van der Waals surface area contributed by atoms with Gasteiger partial charge in [0.2, 0.25) is 0 Å². The van der Waals surface area contributed by atoms with Crippen LogP contribution in [-0.4, -0.2) is 51.0 Å². The molecule has 2 unspecified atom stereocenters. The summed E-state index contributed by atoms with van der Waals surface area (Å²) in [5.41, 5.74) is 0.711. The molecule has 118 valence electrons. The highest BCUT2D eigenvalue weighted by atomic mass is 19.1. The largest absolute Gasteiger partial charge is 0.387 e. The van der Waals surface area contributed by atoms with E-state index in [-0.39, 0.29) is 11.9 Å². The number of benzene rings is 1. The van der Waals surface area contributed by atoms with Gasteiger partial charge >= 0.3 is 0 Å². The minimum absolute atomic E-state index is 0.151. The molecule has 1 aliphatic rings. The highest BCUT2D eigenvalue weighted by molar-refractivity contribution is 5.18. The van der Waals surface area contributed by atoms with Gasteiger partial charge in [-0.3, -0.25) is 4.90 Å². The van der Waals surface area contributed by atoms with Crippen LogP contribution in [0.4, 0.5) is 4.39 Å². The lowest BCUT2D eigenvalue weighted by atomic mass is 10.1. The molecular weight excluding hydrogens is 287 g/mol. The van der Waals surface area contributed by atoms with Crippen LogP contribution >= 0.6 is 0 Å². The summed E-state index contributed by atoms with van der Waals surface area (Å²) >= 11 is 0. The van der Waals surface area contributed by atoms with Gasteiger partial charge in [-0.05, 0) is 17.7 Å². The second-order valence-electron chi connectivity index (χ2n) is 5.49. The Morgan fingerprint density at radius 2 is 2.18 bits per heavy atom. The summed E-state index contributed by atoms with van der Waals surface area (Å²) in [5, 5.41) is 18.2. The van der Waals surface area contributed by atoms with Gasteiger partial charge in [0, 0.05) is 26.7 Å². The number of hydrogen-bond acceptors (Lipinski definition) is 5. The number of rotatable bonds is 4. The zero-order valence-electron chi connectivity index (χ0n) is 12.4. The van der Waals surface area contributed by atoms with Crippen molar-refractivity contribution in [3.05, 3.63) is 47.8 Å². The molecule has 1 aromatic heterocycles. The van der Waals surface area contributed by atoms with E-state index in [1.807, 2.05) is 11.6 Å². The Bertz CT molecular complexity index is 616. The van der Waals surface area contributed by atoms with Crippen molar-refractivity contribution in [2.45, 2.75) is 12.2 Å². The first-order chi connectivity index (χ1) is 10.6. The number of aryl methyl sites for hydroxylation is 1. The molecule has 3 rings (SSSR count). The third kappa shape index (κ3) is 3.32. The van der Waals surface area contributed by atoms with Crippen LogP contribution in [0.25, 0.3) is 0 Å². The Labute approximate surface area is 128 Å². The fraction of sp³-hybridized carbons (Fsp3) is 0.467. The molecule has 0 aliphatic carbocycles. The van der Waals surface area contributed by atoms with Gasteiger partial charge in [0.05, 0.1) is 12.7 Å². The lowest BCUT2D eigenvalue weighted by Gasteiger charge is -2.33. The SMILES string of the molecule is Cn1cnnc1C1CN(CC(O)c2ccc(F)cc2)CCO1. The zero-order chi connectivity index (χ0) is 15.5. The van der Waals surface area contributed by atoms with Crippen molar-refractivity contribution in [2.75, 3.05) is 26.2 Å². The van der Waals surface area contributed by atoms with Crippen molar-refractivity contribution in [1.82, 2.24) is 19.7 Å². The van der Waals surface area contributed by atoms with E-state index >= 15 is 0 Å². The van der Waals surface area contributed by atoms with Crippen LogP contribution in [0.15, 0.2) is 30.6 Å². The summed E-state index contributed by atoms with van der Waals surface area (Å²) in [6, 6.07) is 5.95. The molecule has 7 heteroatoms. The fourth-order valence-corrected chi connectivity index (χ4v) is 2.64. The molecule has 1 saturated heterocycles. The minimum Gasteiger partial charge on any atom is -0.387 e. The monoisotopic (exact) mass is 306 g/mol. The average Bonchev–Trinajstić information content (AvgIpc) is 2.94. The molecule has 0 bridgehead atoms. The fourth-order valence-electron chi connectivity index (χ4n) is 2.64. The first-order valence-electron chi connectivity index (χ1n) is 7.25. The number of hydrogen-bond donors (Lipinski definition) is 1. The summed E-state index contributed by atoms with van der Waals surface area (Å²) in [4.78, 5) is 2.12. The Balaban J connectivity index is 1.63. The van der Waals surface area contributed by atoms with E-state index in [9.17, 15) is 9.50 Å². The van der Waals surface area contributed by atoms with E-state index < -0.39 is 6.10 Å². The standard InChI is InChI=1S/C15H19FN4O2/c1-19-10-17-18-15(19)14-9-20(6-7-22-14)8-13(21)11-2-4-12(16)5-3-11/h2-5,10,13-14,21H,6-9H2,1H3.